The highest BCUT2D eigenvalue weighted by atomic mass is 16.6. The lowest BCUT2D eigenvalue weighted by Crippen LogP contribution is -2.30. The zero-order chi connectivity index (χ0) is 59.9. The van der Waals surface area contributed by atoms with Crippen LogP contribution in [0.4, 0.5) is 0 Å². The first-order chi connectivity index (χ1) is 41.0. The standard InChI is InChI=1S/C77H134O6/c1-4-7-10-13-16-19-22-25-28-30-32-34-36-38-40-42-44-46-49-52-55-58-61-64-67-70-76(79)82-73-74(72-81-75(78)69-66-63-60-57-54-51-48-27-24-21-18-15-12-9-6-3)83-77(80)71-68-65-62-59-56-53-50-47-45-43-41-39-37-35-33-31-29-26-23-20-17-14-11-8-5-2/h7,9-10,12,16,18-19,21,25,27-28,32,34,48,54,57,74H,4-6,8,11,13-15,17,20,22-24,26,29-31,33,35-47,49-53,55-56,58-73H2,1-3H3/b10-7-,12-9-,19-16-,21-18-,28-25-,34-32-,48-27-,57-54-. The highest BCUT2D eigenvalue weighted by Gasteiger charge is 2.19. The van der Waals surface area contributed by atoms with Gasteiger partial charge in [0.1, 0.15) is 13.2 Å². The van der Waals surface area contributed by atoms with Gasteiger partial charge in [-0.2, -0.15) is 0 Å². The van der Waals surface area contributed by atoms with Crippen LogP contribution < -0.4 is 0 Å². The van der Waals surface area contributed by atoms with E-state index in [1.54, 1.807) is 0 Å². The second-order valence-electron chi connectivity index (χ2n) is 23.7. The van der Waals surface area contributed by atoms with E-state index >= 15 is 0 Å². The van der Waals surface area contributed by atoms with Crippen LogP contribution in [0.25, 0.3) is 0 Å². The van der Waals surface area contributed by atoms with Crippen molar-refractivity contribution in [3.05, 3.63) is 97.2 Å². The van der Waals surface area contributed by atoms with Gasteiger partial charge in [0.2, 0.25) is 0 Å². The topological polar surface area (TPSA) is 78.9 Å². The Hall–Kier alpha value is -3.67. The maximum absolute atomic E-state index is 13.0. The molecule has 83 heavy (non-hydrogen) atoms. The number of ether oxygens (including phenoxy) is 3. The summed E-state index contributed by atoms with van der Waals surface area (Å²) in [4.78, 5) is 38.5. The van der Waals surface area contributed by atoms with E-state index in [1.165, 1.54) is 205 Å². The number of allylic oxidation sites excluding steroid dienone is 16. The van der Waals surface area contributed by atoms with Crippen molar-refractivity contribution in [2.45, 2.75) is 361 Å². The summed E-state index contributed by atoms with van der Waals surface area (Å²) in [6.45, 7) is 6.43. The number of carbonyl (C=O) groups excluding carboxylic acids is 3. The fourth-order valence-electron chi connectivity index (χ4n) is 10.3. The molecule has 0 saturated heterocycles. The third-order valence-electron chi connectivity index (χ3n) is 15.6. The molecule has 0 N–H and O–H groups in total. The van der Waals surface area contributed by atoms with Crippen LogP contribution in [0, 0.1) is 0 Å². The summed E-state index contributed by atoms with van der Waals surface area (Å²) in [6.07, 6.45) is 95.9. The fourth-order valence-corrected chi connectivity index (χ4v) is 10.3. The van der Waals surface area contributed by atoms with Crippen LogP contribution in [-0.4, -0.2) is 37.2 Å². The zero-order valence-electron chi connectivity index (χ0n) is 54.9. The van der Waals surface area contributed by atoms with E-state index in [4.69, 9.17) is 14.2 Å². The Morgan fingerprint density at radius 3 is 0.759 bits per heavy atom. The summed E-state index contributed by atoms with van der Waals surface area (Å²) in [5, 5.41) is 0. The van der Waals surface area contributed by atoms with Gasteiger partial charge in [-0.25, -0.2) is 0 Å². The minimum absolute atomic E-state index is 0.0888. The number of hydrogen-bond donors (Lipinski definition) is 0. The number of carbonyl (C=O) groups is 3. The molecule has 0 saturated carbocycles. The smallest absolute Gasteiger partial charge is 0.306 e. The monoisotopic (exact) mass is 1160 g/mol. The summed E-state index contributed by atoms with van der Waals surface area (Å²) in [7, 11) is 0. The molecule has 0 aromatic heterocycles. The van der Waals surface area contributed by atoms with Crippen LogP contribution in [0.1, 0.15) is 355 Å². The zero-order valence-corrected chi connectivity index (χ0v) is 54.9. The Kier molecular flexibility index (Phi) is 67.7. The quantitative estimate of drug-likeness (QED) is 0.0261. The fraction of sp³-hybridized carbons (Fsp3) is 0.753. The molecule has 0 heterocycles. The molecular formula is C77H134O6. The summed E-state index contributed by atoms with van der Waals surface area (Å²) < 4.78 is 17.0. The van der Waals surface area contributed by atoms with Crippen molar-refractivity contribution in [1.82, 2.24) is 0 Å². The summed E-state index contributed by atoms with van der Waals surface area (Å²) in [5.41, 5.74) is 0. The molecule has 6 heteroatoms. The first-order valence-corrected chi connectivity index (χ1v) is 35.7. The molecule has 0 radical (unpaired) electrons. The molecule has 1 unspecified atom stereocenters. The Balaban J connectivity index is 4.32. The molecule has 1 atom stereocenters. The van der Waals surface area contributed by atoms with Gasteiger partial charge >= 0.3 is 17.9 Å². The van der Waals surface area contributed by atoms with Crippen molar-refractivity contribution in [3.8, 4) is 0 Å². The van der Waals surface area contributed by atoms with Crippen molar-refractivity contribution in [2.24, 2.45) is 0 Å². The molecule has 0 aromatic carbocycles. The van der Waals surface area contributed by atoms with E-state index in [0.29, 0.717) is 19.3 Å². The highest BCUT2D eigenvalue weighted by molar-refractivity contribution is 5.71. The van der Waals surface area contributed by atoms with Gasteiger partial charge in [0.25, 0.3) is 0 Å². The Morgan fingerprint density at radius 1 is 0.253 bits per heavy atom. The van der Waals surface area contributed by atoms with Gasteiger partial charge < -0.3 is 14.2 Å². The minimum Gasteiger partial charge on any atom is -0.462 e. The lowest BCUT2D eigenvalue weighted by atomic mass is 10.0. The van der Waals surface area contributed by atoms with Crippen LogP contribution in [0.3, 0.4) is 0 Å². The summed E-state index contributed by atoms with van der Waals surface area (Å²) in [5.74, 6) is -0.915. The second-order valence-corrected chi connectivity index (χ2v) is 23.7. The average molecular weight is 1160 g/mol. The molecule has 0 bridgehead atoms. The molecule has 0 aliphatic heterocycles. The van der Waals surface area contributed by atoms with Gasteiger partial charge in [0.15, 0.2) is 6.10 Å². The Labute approximate surface area is 515 Å². The first-order valence-electron chi connectivity index (χ1n) is 35.7. The molecule has 0 amide bonds. The van der Waals surface area contributed by atoms with E-state index in [-0.39, 0.29) is 31.1 Å². The average Bonchev–Trinajstić information content (AvgIpc) is 3.49. The second kappa shape index (κ2) is 70.8. The lowest BCUT2D eigenvalue weighted by molar-refractivity contribution is -0.167. The van der Waals surface area contributed by atoms with Crippen LogP contribution in [0.5, 0.6) is 0 Å². The maximum Gasteiger partial charge on any atom is 0.306 e. The predicted molar refractivity (Wildman–Crippen MR) is 362 cm³/mol. The van der Waals surface area contributed by atoms with Crippen molar-refractivity contribution < 1.29 is 28.6 Å². The van der Waals surface area contributed by atoms with Gasteiger partial charge in [0.05, 0.1) is 0 Å². The lowest BCUT2D eigenvalue weighted by Gasteiger charge is -2.18. The molecule has 0 aromatic rings. The van der Waals surface area contributed by atoms with Crippen molar-refractivity contribution in [2.75, 3.05) is 13.2 Å². The van der Waals surface area contributed by atoms with E-state index in [1.807, 2.05) is 0 Å². The van der Waals surface area contributed by atoms with Crippen LogP contribution in [-0.2, 0) is 28.6 Å². The number of esters is 3. The van der Waals surface area contributed by atoms with Gasteiger partial charge in [-0.1, -0.05) is 336 Å². The molecule has 0 aliphatic rings. The highest BCUT2D eigenvalue weighted by Crippen LogP contribution is 2.18. The van der Waals surface area contributed by atoms with Gasteiger partial charge in [-0.3, -0.25) is 14.4 Å². The molecule has 0 fully saturated rings. The van der Waals surface area contributed by atoms with Gasteiger partial charge in [-0.05, 0) is 96.3 Å². The normalized spacial score (nSPS) is 12.7. The molecular weight excluding hydrogens is 1020 g/mol. The maximum atomic E-state index is 13.0. The summed E-state index contributed by atoms with van der Waals surface area (Å²) in [6, 6.07) is 0. The van der Waals surface area contributed by atoms with Crippen LogP contribution in [0.2, 0.25) is 0 Å². The van der Waals surface area contributed by atoms with E-state index in [2.05, 4.69) is 118 Å². The molecule has 0 aliphatic carbocycles. The predicted octanol–water partition coefficient (Wildman–Crippen LogP) is 24.8. The number of rotatable bonds is 65. The van der Waals surface area contributed by atoms with E-state index in [9.17, 15) is 14.4 Å². The van der Waals surface area contributed by atoms with Crippen LogP contribution in [0.15, 0.2) is 97.2 Å². The van der Waals surface area contributed by atoms with Gasteiger partial charge in [0, 0.05) is 19.3 Å². The summed E-state index contributed by atoms with van der Waals surface area (Å²) >= 11 is 0. The third-order valence-corrected chi connectivity index (χ3v) is 15.6. The molecule has 0 spiro atoms. The Morgan fingerprint density at radius 2 is 0.470 bits per heavy atom. The first kappa shape index (κ1) is 79.3. The van der Waals surface area contributed by atoms with E-state index < -0.39 is 6.10 Å². The van der Waals surface area contributed by atoms with Crippen molar-refractivity contribution >= 4 is 17.9 Å². The van der Waals surface area contributed by atoms with Crippen molar-refractivity contribution in [1.29, 1.82) is 0 Å². The Bertz CT molecular complexity index is 1610. The minimum atomic E-state index is -0.796. The number of unbranched alkanes of at least 4 members (excludes halogenated alkanes) is 38. The van der Waals surface area contributed by atoms with Crippen LogP contribution >= 0.6 is 0 Å². The van der Waals surface area contributed by atoms with Crippen molar-refractivity contribution in [3.63, 3.8) is 0 Å². The third kappa shape index (κ3) is 69.0. The molecule has 0 rings (SSSR count). The van der Waals surface area contributed by atoms with Gasteiger partial charge in [-0.15, -0.1) is 0 Å². The largest absolute Gasteiger partial charge is 0.462 e. The SMILES string of the molecule is CC/C=C\C/C=C\C/C=C\C/C=C\CCCCCCCCCCCCCCC(=O)OCC(COC(=O)CCCC/C=C\C/C=C\C/C=C\C/C=C\CC)OC(=O)CCCCCCCCCCCCCCCCCCCCCCCCCCC. The molecule has 6 nitrogen and oxygen atoms in total. The number of hydrogen-bond acceptors (Lipinski definition) is 6. The molecule has 478 valence electrons. The van der Waals surface area contributed by atoms with E-state index in [0.717, 1.165) is 109 Å².